The van der Waals surface area contributed by atoms with Gasteiger partial charge in [0, 0.05) is 10.5 Å². The number of nitrogens with zero attached hydrogens (tertiary/aromatic N) is 1. The van der Waals surface area contributed by atoms with E-state index in [0.29, 0.717) is 4.91 Å². The van der Waals surface area contributed by atoms with E-state index in [1.54, 1.807) is 6.08 Å². The summed E-state index contributed by atoms with van der Waals surface area (Å²) in [5.74, 6) is -0.194. The van der Waals surface area contributed by atoms with Crippen molar-refractivity contribution in [3.8, 4) is 0 Å². The first kappa shape index (κ1) is 14.3. The van der Waals surface area contributed by atoms with Crippen LogP contribution in [0.25, 0.3) is 6.08 Å². The minimum Gasteiger partial charge on any atom is -0.268 e. The highest BCUT2D eigenvalue weighted by molar-refractivity contribution is 9.10. The average Bonchev–Trinajstić information content (AvgIpc) is 2.66. The van der Waals surface area contributed by atoms with Gasteiger partial charge in [0.25, 0.3) is 11.1 Å². The molecule has 1 fully saturated rings. The van der Waals surface area contributed by atoms with Crippen LogP contribution in [0.4, 0.5) is 4.79 Å². The number of hydrogen-bond acceptors (Lipinski definition) is 3. The van der Waals surface area contributed by atoms with Crippen molar-refractivity contribution in [1.29, 1.82) is 0 Å². The van der Waals surface area contributed by atoms with Crippen molar-refractivity contribution in [2.75, 3.05) is 0 Å². The van der Waals surface area contributed by atoms with E-state index < -0.39 is 0 Å². The van der Waals surface area contributed by atoms with Crippen LogP contribution in [0.1, 0.15) is 25.8 Å². The molecule has 0 saturated carbocycles. The predicted molar refractivity (Wildman–Crippen MR) is 81.7 cm³/mol. The number of hydrogen-bond donors (Lipinski definition) is 0. The largest absolute Gasteiger partial charge is 0.293 e. The number of carbonyl (C=O) groups is 2. The van der Waals surface area contributed by atoms with Crippen LogP contribution >= 0.6 is 27.7 Å². The number of amides is 2. The molecule has 19 heavy (non-hydrogen) atoms. The van der Waals surface area contributed by atoms with Crippen LogP contribution in [0.15, 0.2) is 33.6 Å². The fourth-order valence-electron chi connectivity index (χ4n) is 1.78. The maximum absolute atomic E-state index is 12.2. The van der Waals surface area contributed by atoms with Crippen LogP contribution in [0.5, 0.6) is 0 Å². The Bertz CT molecular complexity index is 556. The molecule has 1 atom stereocenters. The van der Waals surface area contributed by atoms with Gasteiger partial charge >= 0.3 is 0 Å². The Morgan fingerprint density at radius 3 is 2.68 bits per heavy atom. The summed E-state index contributed by atoms with van der Waals surface area (Å²) >= 11 is 4.44. The molecule has 1 aliphatic rings. The molecule has 5 heteroatoms. The Morgan fingerprint density at radius 2 is 2.05 bits per heavy atom. The van der Waals surface area contributed by atoms with Crippen molar-refractivity contribution in [2.24, 2.45) is 0 Å². The number of imide groups is 1. The average molecular weight is 340 g/mol. The Labute approximate surface area is 125 Å². The van der Waals surface area contributed by atoms with E-state index in [1.165, 1.54) is 4.90 Å². The van der Waals surface area contributed by atoms with Crippen LogP contribution < -0.4 is 0 Å². The summed E-state index contributed by atoms with van der Waals surface area (Å²) in [5.41, 5.74) is 0.900. The zero-order chi connectivity index (χ0) is 14.0. The smallest absolute Gasteiger partial charge is 0.268 e. The molecule has 0 N–H and O–H groups in total. The Morgan fingerprint density at radius 1 is 1.37 bits per heavy atom. The van der Waals surface area contributed by atoms with Gasteiger partial charge in [0.15, 0.2) is 0 Å². The van der Waals surface area contributed by atoms with Gasteiger partial charge in [-0.25, -0.2) is 0 Å². The van der Waals surface area contributed by atoms with E-state index >= 15 is 0 Å². The Kier molecular flexibility index (Phi) is 4.47. The quantitative estimate of drug-likeness (QED) is 0.771. The van der Waals surface area contributed by atoms with Gasteiger partial charge in [-0.1, -0.05) is 41.1 Å². The number of thioether (sulfide) groups is 1. The molecular formula is C14H14BrNO2S. The molecule has 3 nitrogen and oxygen atoms in total. The van der Waals surface area contributed by atoms with E-state index in [9.17, 15) is 9.59 Å². The molecule has 2 rings (SSSR count). The summed E-state index contributed by atoms with van der Waals surface area (Å²) in [4.78, 5) is 25.9. The maximum atomic E-state index is 12.2. The first-order valence-electron chi connectivity index (χ1n) is 6.06. The highest BCUT2D eigenvalue weighted by atomic mass is 79.9. The van der Waals surface area contributed by atoms with Crippen molar-refractivity contribution in [3.05, 3.63) is 39.2 Å². The van der Waals surface area contributed by atoms with Gasteiger partial charge in [0.2, 0.25) is 0 Å². The van der Waals surface area contributed by atoms with Gasteiger partial charge < -0.3 is 0 Å². The van der Waals surface area contributed by atoms with Crippen LogP contribution in [0.2, 0.25) is 0 Å². The van der Waals surface area contributed by atoms with Crippen molar-refractivity contribution < 1.29 is 9.59 Å². The van der Waals surface area contributed by atoms with Crippen LogP contribution in [0.3, 0.4) is 0 Å². The summed E-state index contributed by atoms with van der Waals surface area (Å²) < 4.78 is 0.908. The van der Waals surface area contributed by atoms with Gasteiger partial charge in [0.1, 0.15) is 0 Å². The lowest BCUT2D eigenvalue weighted by atomic mass is 10.2. The van der Waals surface area contributed by atoms with Gasteiger partial charge in [-0.15, -0.1) is 0 Å². The van der Waals surface area contributed by atoms with Crippen molar-refractivity contribution >= 4 is 44.9 Å². The van der Waals surface area contributed by atoms with E-state index in [-0.39, 0.29) is 17.2 Å². The molecule has 2 amide bonds. The second kappa shape index (κ2) is 5.92. The maximum Gasteiger partial charge on any atom is 0.293 e. The summed E-state index contributed by atoms with van der Waals surface area (Å²) in [6.07, 6.45) is 2.53. The van der Waals surface area contributed by atoms with Crippen molar-refractivity contribution in [2.45, 2.75) is 26.3 Å². The van der Waals surface area contributed by atoms with Crippen LogP contribution in [0, 0.1) is 0 Å². The third-order valence-corrected chi connectivity index (χ3v) is 4.65. The summed E-state index contributed by atoms with van der Waals surface area (Å²) in [6.45, 7) is 3.85. The van der Waals surface area contributed by atoms with Crippen LogP contribution in [-0.4, -0.2) is 22.1 Å². The molecule has 1 aliphatic heterocycles. The zero-order valence-corrected chi connectivity index (χ0v) is 13.1. The van der Waals surface area contributed by atoms with E-state index in [4.69, 9.17) is 0 Å². The minimum absolute atomic E-state index is 0.0578. The van der Waals surface area contributed by atoms with Crippen LogP contribution in [-0.2, 0) is 4.79 Å². The fraction of sp³-hybridized carbons (Fsp3) is 0.286. The highest BCUT2D eigenvalue weighted by Crippen LogP contribution is 2.35. The molecule has 0 radical (unpaired) electrons. The van der Waals surface area contributed by atoms with E-state index in [1.807, 2.05) is 38.1 Å². The predicted octanol–water partition coefficient (Wildman–Crippen LogP) is 4.28. The second-order valence-electron chi connectivity index (χ2n) is 4.33. The normalized spacial score (nSPS) is 19.3. The molecule has 0 spiro atoms. The monoisotopic (exact) mass is 339 g/mol. The fourth-order valence-corrected chi connectivity index (χ4v) is 3.10. The van der Waals surface area contributed by atoms with Gasteiger partial charge in [-0.05, 0) is 42.8 Å². The van der Waals surface area contributed by atoms with Gasteiger partial charge in [-0.3, -0.25) is 14.5 Å². The van der Waals surface area contributed by atoms with Gasteiger partial charge in [-0.2, -0.15) is 0 Å². The van der Waals surface area contributed by atoms with Gasteiger partial charge in [0.05, 0.1) is 4.91 Å². The molecule has 0 bridgehead atoms. The summed E-state index contributed by atoms with van der Waals surface area (Å²) in [5, 5.41) is -0.183. The molecule has 100 valence electrons. The third-order valence-electron chi connectivity index (χ3n) is 3.05. The lowest BCUT2D eigenvalue weighted by molar-refractivity contribution is -0.124. The lowest BCUT2D eigenvalue weighted by Crippen LogP contribution is -2.36. The number of benzene rings is 1. The molecule has 0 unspecified atom stereocenters. The molecule has 0 aromatic heterocycles. The Hall–Kier alpha value is -1.07. The van der Waals surface area contributed by atoms with Crippen molar-refractivity contribution in [1.82, 2.24) is 4.90 Å². The first-order chi connectivity index (χ1) is 9.04. The molecule has 1 aromatic carbocycles. The van der Waals surface area contributed by atoms with Crippen molar-refractivity contribution in [3.63, 3.8) is 0 Å². The minimum atomic E-state index is -0.194. The second-order valence-corrected chi connectivity index (χ2v) is 6.18. The van der Waals surface area contributed by atoms with E-state index in [2.05, 4.69) is 15.9 Å². The highest BCUT2D eigenvalue weighted by Gasteiger charge is 2.37. The lowest BCUT2D eigenvalue weighted by Gasteiger charge is -2.19. The topological polar surface area (TPSA) is 37.4 Å². The number of halogens is 1. The third kappa shape index (κ3) is 2.92. The Balaban J connectivity index is 2.31. The standard InChI is InChI=1S/C14H14BrNO2S/c1-3-9(2)16-13(17)12(19-14(16)18)8-10-6-4-5-7-11(10)15/h4-9H,3H2,1-2H3/b12-8+/t9-/m0/s1. The summed E-state index contributed by atoms with van der Waals surface area (Å²) in [7, 11) is 0. The molecule has 1 saturated heterocycles. The first-order valence-corrected chi connectivity index (χ1v) is 7.67. The van der Waals surface area contributed by atoms with E-state index in [0.717, 1.165) is 28.2 Å². The molecule has 0 aliphatic carbocycles. The molecule has 1 heterocycles. The summed E-state index contributed by atoms with van der Waals surface area (Å²) in [6, 6.07) is 7.56. The number of rotatable bonds is 3. The molecule has 1 aromatic rings. The molecular weight excluding hydrogens is 326 g/mol. The number of carbonyl (C=O) groups excluding carboxylic acids is 2. The SMILES string of the molecule is CC[C@H](C)N1C(=O)S/C(=C/c2ccccc2Br)C1=O. The zero-order valence-electron chi connectivity index (χ0n) is 10.7.